The van der Waals surface area contributed by atoms with E-state index in [1.165, 1.54) is 25.1 Å². The van der Waals surface area contributed by atoms with Crippen LogP contribution in [0.1, 0.15) is 32.6 Å². The number of amides is 5. The van der Waals surface area contributed by atoms with Gasteiger partial charge in [-0.1, -0.05) is 6.42 Å². The predicted molar refractivity (Wildman–Crippen MR) is 163 cm³/mol. The average Bonchev–Trinajstić information content (AvgIpc) is 3.53. The second-order valence-electron chi connectivity index (χ2n) is 10.4. The number of unbranched alkanes of at least 4 members (excludes halogenated alkanes) is 1. The minimum absolute atomic E-state index is 0.0176. The van der Waals surface area contributed by atoms with Crippen LogP contribution in [0.25, 0.3) is 10.9 Å². The minimum atomic E-state index is -0.967. The number of carbonyl (C=O) groups is 4. The van der Waals surface area contributed by atoms with Gasteiger partial charge in [0.05, 0.1) is 49.4 Å². The van der Waals surface area contributed by atoms with Crippen LogP contribution in [-0.4, -0.2) is 90.9 Å². The van der Waals surface area contributed by atoms with Gasteiger partial charge >= 0.3 is 17.4 Å². The molecule has 240 valence electrons. The summed E-state index contributed by atoms with van der Waals surface area (Å²) in [4.78, 5) is 71.5. The third-order valence-electron chi connectivity index (χ3n) is 7.12. The van der Waals surface area contributed by atoms with Crippen molar-refractivity contribution in [3.63, 3.8) is 0 Å². The Labute approximate surface area is 257 Å². The number of carbonyl (C=O) groups excluding carboxylic acids is 4. The number of rotatable bonds is 17. The molecule has 0 bridgehead atoms. The Morgan fingerprint density at radius 2 is 1.73 bits per heavy atom. The SMILES string of the molecule is CC(=O)Nc1ccc2c(c1)c(=O)oc(=O)n2CC(=O)NCCOCCOCCNC(=O)CCCCC1SCC2NC(=O)NC21. The van der Waals surface area contributed by atoms with E-state index < -0.39 is 17.3 Å². The summed E-state index contributed by atoms with van der Waals surface area (Å²) >= 11 is 1.87. The predicted octanol–water partition coefficient (Wildman–Crippen LogP) is -0.0955. The van der Waals surface area contributed by atoms with Crippen molar-refractivity contribution in [3.05, 3.63) is 39.2 Å². The topological polar surface area (TPSA) is 199 Å². The first-order valence-electron chi connectivity index (χ1n) is 14.5. The molecule has 0 spiro atoms. The molecule has 44 heavy (non-hydrogen) atoms. The molecule has 5 amide bonds. The molecule has 0 saturated carbocycles. The second-order valence-corrected chi connectivity index (χ2v) is 11.7. The molecule has 2 saturated heterocycles. The zero-order valence-corrected chi connectivity index (χ0v) is 25.3. The molecular formula is C28H38N6O9S. The lowest BCUT2D eigenvalue weighted by atomic mass is 10.0. The summed E-state index contributed by atoms with van der Waals surface area (Å²) < 4.78 is 16.7. The lowest BCUT2D eigenvalue weighted by molar-refractivity contribution is -0.122. The highest BCUT2D eigenvalue weighted by Gasteiger charge is 2.42. The molecule has 0 aliphatic carbocycles. The van der Waals surface area contributed by atoms with Gasteiger partial charge in [0.2, 0.25) is 17.7 Å². The van der Waals surface area contributed by atoms with Crippen molar-refractivity contribution in [1.82, 2.24) is 25.8 Å². The fraction of sp³-hybridized carbons (Fsp3) is 0.571. The molecule has 16 heteroatoms. The molecule has 2 fully saturated rings. The molecule has 2 aromatic rings. The monoisotopic (exact) mass is 634 g/mol. The Morgan fingerprint density at radius 1 is 1.00 bits per heavy atom. The number of nitrogens with zero attached hydrogens (tertiary/aromatic N) is 1. The number of aromatic nitrogens is 1. The molecule has 1 aromatic carbocycles. The van der Waals surface area contributed by atoms with Crippen LogP contribution in [0.5, 0.6) is 0 Å². The van der Waals surface area contributed by atoms with Crippen LogP contribution in [-0.2, 0) is 30.4 Å². The number of anilines is 1. The van der Waals surface area contributed by atoms with Gasteiger partial charge < -0.3 is 40.5 Å². The van der Waals surface area contributed by atoms with Crippen LogP contribution in [0.4, 0.5) is 10.5 Å². The Bertz CT molecular complexity index is 1460. The summed E-state index contributed by atoms with van der Waals surface area (Å²) in [5.74, 6) is -0.856. The van der Waals surface area contributed by atoms with E-state index in [9.17, 15) is 28.8 Å². The molecule has 5 N–H and O–H groups in total. The zero-order valence-electron chi connectivity index (χ0n) is 24.5. The molecule has 2 aliphatic heterocycles. The first-order chi connectivity index (χ1) is 21.2. The van der Waals surface area contributed by atoms with E-state index >= 15 is 0 Å². The van der Waals surface area contributed by atoms with Crippen LogP contribution >= 0.6 is 11.8 Å². The van der Waals surface area contributed by atoms with E-state index in [0.717, 1.165) is 29.6 Å². The number of fused-ring (bicyclic) bond motifs is 2. The Kier molecular flexibility index (Phi) is 12.2. The largest absolute Gasteiger partial charge is 0.422 e. The van der Waals surface area contributed by atoms with Gasteiger partial charge in [-0.25, -0.2) is 14.4 Å². The molecule has 3 unspecified atom stereocenters. The molecule has 1 aromatic heterocycles. The maximum Gasteiger partial charge on any atom is 0.422 e. The van der Waals surface area contributed by atoms with Gasteiger partial charge in [-0.2, -0.15) is 11.8 Å². The van der Waals surface area contributed by atoms with Crippen molar-refractivity contribution in [3.8, 4) is 0 Å². The number of ether oxygens (including phenoxy) is 2. The number of hydrogen-bond acceptors (Lipinski definition) is 10. The number of urea groups is 1. The number of benzene rings is 1. The lowest BCUT2D eigenvalue weighted by Gasteiger charge is -2.16. The second kappa shape index (κ2) is 16.3. The minimum Gasteiger partial charge on any atom is -0.377 e. The molecule has 2 aliphatic rings. The summed E-state index contributed by atoms with van der Waals surface area (Å²) in [7, 11) is 0. The summed E-state index contributed by atoms with van der Waals surface area (Å²) in [5, 5.41) is 14.4. The van der Waals surface area contributed by atoms with Crippen molar-refractivity contribution >= 4 is 52.1 Å². The first kappa shape index (κ1) is 33.0. The molecule has 3 heterocycles. The molecule has 3 atom stereocenters. The summed E-state index contributed by atoms with van der Waals surface area (Å²) in [6, 6.07) is 4.68. The highest BCUT2D eigenvalue weighted by Crippen LogP contribution is 2.33. The standard InChI is InChI=1S/C28H38N6O9S/c1-17(35)31-18-6-7-21-19(14-18)26(38)43-28(40)34(21)15-24(37)30-9-11-42-13-12-41-10-8-29-23(36)5-3-2-4-22-25-20(16-44-22)32-27(39)33-25/h6-7,14,20,22,25H,2-5,8-13,15-16H2,1H3,(H,29,36)(H,30,37)(H,31,35)(H2,32,33,39). The van der Waals surface area contributed by atoms with Crippen LogP contribution in [0.2, 0.25) is 0 Å². The van der Waals surface area contributed by atoms with Crippen LogP contribution in [0.3, 0.4) is 0 Å². The zero-order chi connectivity index (χ0) is 31.5. The molecule has 4 rings (SSSR count). The van der Waals surface area contributed by atoms with Gasteiger partial charge in [-0.05, 0) is 31.0 Å². The van der Waals surface area contributed by atoms with Crippen LogP contribution < -0.4 is 38.0 Å². The van der Waals surface area contributed by atoms with Crippen molar-refractivity contribution in [2.24, 2.45) is 0 Å². The van der Waals surface area contributed by atoms with Gasteiger partial charge in [0.15, 0.2) is 0 Å². The third kappa shape index (κ3) is 9.56. The molecule has 15 nitrogen and oxygen atoms in total. The Hall–Kier alpha value is -3.89. The fourth-order valence-corrected chi connectivity index (χ4v) is 6.61. The molecular weight excluding hydrogens is 596 g/mol. The lowest BCUT2D eigenvalue weighted by Crippen LogP contribution is -2.36. The number of thioether (sulfide) groups is 1. The maximum absolute atomic E-state index is 12.4. The van der Waals surface area contributed by atoms with Crippen LogP contribution in [0, 0.1) is 0 Å². The van der Waals surface area contributed by atoms with Crippen molar-refractivity contribution < 1.29 is 33.1 Å². The van der Waals surface area contributed by atoms with E-state index in [1.54, 1.807) is 0 Å². The van der Waals surface area contributed by atoms with E-state index in [1.807, 2.05) is 11.8 Å². The van der Waals surface area contributed by atoms with E-state index in [4.69, 9.17) is 13.9 Å². The Balaban J connectivity index is 1.01. The fourth-order valence-electron chi connectivity index (χ4n) is 5.06. The number of nitrogens with one attached hydrogen (secondary N) is 5. The van der Waals surface area contributed by atoms with Crippen molar-refractivity contribution in [1.29, 1.82) is 0 Å². The van der Waals surface area contributed by atoms with Crippen molar-refractivity contribution in [2.75, 3.05) is 50.6 Å². The van der Waals surface area contributed by atoms with Crippen molar-refractivity contribution in [2.45, 2.75) is 56.5 Å². The van der Waals surface area contributed by atoms with Gasteiger partial charge in [0.25, 0.3) is 0 Å². The summed E-state index contributed by atoms with van der Waals surface area (Å²) in [5.41, 5.74) is -0.303. The van der Waals surface area contributed by atoms with Gasteiger partial charge in [0.1, 0.15) is 6.54 Å². The van der Waals surface area contributed by atoms with Gasteiger partial charge in [-0.15, -0.1) is 0 Å². The quantitative estimate of drug-likeness (QED) is 0.116. The first-order valence-corrected chi connectivity index (χ1v) is 15.6. The Morgan fingerprint density at radius 3 is 2.45 bits per heavy atom. The highest BCUT2D eigenvalue weighted by molar-refractivity contribution is 8.00. The van der Waals surface area contributed by atoms with E-state index in [-0.39, 0.29) is 60.5 Å². The van der Waals surface area contributed by atoms with E-state index in [2.05, 4.69) is 26.6 Å². The molecule has 0 radical (unpaired) electrons. The smallest absolute Gasteiger partial charge is 0.377 e. The highest BCUT2D eigenvalue weighted by atomic mass is 32.2. The normalized spacial score (nSPS) is 18.8. The summed E-state index contributed by atoms with van der Waals surface area (Å²) in [6.45, 7) is 2.73. The number of hydrogen-bond donors (Lipinski definition) is 5. The van der Waals surface area contributed by atoms with Gasteiger partial charge in [-0.3, -0.25) is 19.0 Å². The van der Waals surface area contributed by atoms with E-state index in [0.29, 0.717) is 43.7 Å². The van der Waals surface area contributed by atoms with Gasteiger partial charge in [0, 0.05) is 43.1 Å². The summed E-state index contributed by atoms with van der Waals surface area (Å²) in [6.07, 6.45) is 3.15. The third-order valence-corrected chi connectivity index (χ3v) is 8.63. The van der Waals surface area contributed by atoms with Crippen LogP contribution in [0.15, 0.2) is 32.2 Å². The average molecular weight is 635 g/mol. The maximum atomic E-state index is 12.4.